The molecular formula is C17H16BrNO4. The van der Waals surface area contributed by atoms with Gasteiger partial charge < -0.3 is 14.8 Å². The number of methoxy groups -OCH3 is 1. The Kier molecular flexibility index (Phi) is 5.76. The summed E-state index contributed by atoms with van der Waals surface area (Å²) >= 11 is 3.34. The van der Waals surface area contributed by atoms with Crippen molar-refractivity contribution in [1.29, 1.82) is 0 Å². The molecule has 1 atom stereocenters. The number of carbonyl (C=O) groups is 2. The first-order valence-electron chi connectivity index (χ1n) is 6.91. The first-order chi connectivity index (χ1) is 11.0. The third kappa shape index (κ3) is 4.82. The molecule has 0 saturated carbocycles. The highest BCUT2D eigenvalue weighted by atomic mass is 79.9. The number of carbonyl (C=O) groups excluding carboxylic acids is 2. The number of benzene rings is 2. The van der Waals surface area contributed by atoms with Gasteiger partial charge in [0.15, 0.2) is 6.10 Å². The van der Waals surface area contributed by atoms with E-state index in [2.05, 4.69) is 26.0 Å². The second-order valence-corrected chi connectivity index (χ2v) is 5.69. The summed E-state index contributed by atoms with van der Waals surface area (Å²) in [6, 6.07) is 13.7. The summed E-state index contributed by atoms with van der Waals surface area (Å²) in [5, 5.41) is 2.77. The third-order valence-corrected chi connectivity index (χ3v) is 3.60. The number of nitrogens with one attached hydrogen (secondary N) is 1. The van der Waals surface area contributed by atoms with Crippen molar-refractivity contribution in [2.75, 3.05) is 12.4 Å². The molecule has 0 aliphatic heterocycles. The van der Waals surface area contributed by atoms with Crippen molar-refractivity contribution in [1.82, 2.24) is 0 Å². The molecule has 120 valence electrons. The number of ether oxygens (including phenoxy) is 2. The van der Waals surface area contributed by atoms with Crippen molar-refractivity contribution < 1.29 is 19.1 Å². The Hall–Kier alpha value is -2.34. The highest BCUT2D eigenvalue weighted by Gasteiger charge is 2.15. The van der Waals surface area contributed by atoms with Crippen LogP contribution in [0.3, 0.4) is 0 Å². The van der Waals surface area contributed by atoms with Gasteiger partial charge in [0.2, 0.25) is 0 Å². The first kappa shape index (κ1) is 17.0. The molecular weight excluding hydrogens is 362 g/mol. The van der Waals surface area contributed by atoms with Gasteiger partial charge in [-0.05, 0) is 55.5 Å². The van der Waals surface area contributed by atoms with Crippen LogP contribution in [0.1, 0.15) is 17.3 Å². The van der Waals surface area contributed by atoms with Crippen LogP contribution >= 0.6 is 15.9 Å². The molecule has 5 nitrogen and oxygen atoms in total. The average Bonchev–Trinajstić information content (AvgIpc) is 2.56. The maximum absolute atomic E-state index is 12.1. The van der Waals surface area contributed by atoms with Gasteiger partial charge in [-0.15, -0.1) is 0 Å². The maximum Gasteiger partial charge on any atom is 0.337 e. The molecule has 0 heterocycles. The minimum absolute atomic E-state index is 0.260. The van der Waals surface area contributed by atoms with Crippen molar-refractivity contribution in [2.45, 2.75) is 13.0 Å². The minimum Gasteiger partial charge on any atom is -0.481 e. The summed E-state index contributed by atoms with van der Waals surface area (Å²) in [5.74, 6) is -0.182. The van der Waals surface area contributed by atoms with E-state index in [1.807, 2.05) is 12.1 Å². The van der Waals surface area contributed by atoms with Gasteiger partial charge in [0.05, 0.1) is 12.7 Å². The predicted octanol–water partition coefficient (Wildman–Crippen LogP) is 3.64. The van der Waals surface area contributed by atoms with E-state index in [-0.39, 0.29) is 5.91 Å². The number of halogens is 1. The van der Waals surface area contributed by atoms with Crippen molar-refractivity contribution in [3.63, 3.8) is 0 Å². The van der Waals surface area contributed by atoms with Crippen LogP contribution < -0.4 is 10.1 Å². The zero-order chi connectivity index (χ0) is 16.8. The second-order valence-electron chi connectivity index (χ2n) is 4.77. The Morgan fingerprint density at radius 1 is 1.04 bits per heavy atom. The van der Waals surface area contributed by atoms with Gasteiger partial charge in [-0.1, -0.05) is 15.9 Å². The molecule has 1 N–H and O–H groups in total. The molecule has 1 unspecified atom stereocenters. The van der Waals surface area contributed by atoms with E-state index in [4.69, 9.17) is 4.74 Å². The molecule has 0 aliphatic rings. The van der Waals surface area contributed by atoms with Crippen molar-refractivity contribution in [2.24, 2.45) is 0 Å². The molecule has 0 bridgehead atoms. The Labute approximate surface area is 142 Å². The van der Waals surface area contributed by atoms with Crippen molar-refractivity contribution in [3.8, 4) is 5.75 Å². The quantitative estimate of drug-likeness (QED) is 0.807. The molecule has 0 aliphatic carbocycles. The molecule has 0 fully saturated rings. The summed E-state index contributed by atoms with van der Waals surface area (Å²) in [5.41, 5.74) is 1.11. The molecule has 0 saturated heterocycles. The van der Waals surface area contributed by atoms with E-state index < -0.39 is 12.1 Å². The maximum atomic E-state index is 12.1. The molecule has 0 spiro atoms. The van der Waals surface area contributed by atoms with Gasteiger partial charge in [-0.2, -0.15) is 0 Å². The molecule has 6 heteroatoms. The van der Waals surface area contributed by atoms with Crippen molar-refractivity contribution >= 4 is 33.5 Å². The van der Waals surface area contributed by atoms with E-state index in [1.54, 1.807) is 43.3 Å². The van der Waals surface area contributed by atoms with Gasteiger partial charge in [-0.25, -0.2) is 4.79 Å². The van der Waals surface area contributed by atoms with E-state index in [1.165, 1.54) is 7.11 Å². The smallest absolute Gasteiger partial charge is 0.337 e. The lowest BCUT2D eigenvalue weighted by Crippen LogP contribution is -2.30. The van der Waals surface area contributed by atoms with Crippen LogP contribution in [0.2, 0.25) is 0 Å². The monoisotopic (exact) mass is 377 g/mol. The van der Waals surface area contributed by atoms with Crippen LogP contribution in [-0.2, 0) is 9.53 Å². The number of rotatable bonds is 5. The Morgan fingerprint density at radius 2 is 1.65 bits per heavy atom. The standard InChI is InChI=1S/C17H16BrNO4/c1-11(16(20)19-14-7-5-13(18)6-8-14)23-15-9-3-12(4-10-15)17(21)22-2/h3-11H,1-2H3,(H,19,20). The third-order valence-electron chi connectivity index (χ3n) is 3.07. The van der Waals surface area contributed by atoms with Crippen LogP contribution in [-0.4, -0.2) is 25.1 Å². The summed E-state index contributed by atoms with van der Waals surface area (Å²) in [6.45, 7) is 1.66. The van der Waals surface area contributed by atoms with Gasteiger partial charge >= 0.3 is 5.97 Å². The fourth-order valence-electron chi connectivity index (χ4n) is 1.82. The molecule has 2 rings (SSSR count). The summed E-state index contributed by atoms with van der Waals surface area (Å²) < 4.78 is 11.1. The minimum atomic E-state index is -0.678. The Balaban J connectivity index is 1.95. The molecule has 23 heavy (non-hydrogen) atoms. The zero-order valence-corrected chi connectivity index (χ0v) is 14.3. The average molecular weight is 378 g/mol. The van der Waals surface area contributed by atoms with E-state index in [0.717, 1.165) is 4.47 Å². The summed E-state index contributed by atoms with van der Waals surface area (Å²) in [4.78, 5) is 23.5. The van der Waals surface area contributed by atoms with Crippen molar-refractivity contribution in [3.05, 3.63) is 58.6 Å². The van der Waals surface area contributed by atoms with Gasteiger partial charge in [0.25, 0.3) is 5.91 Å². The highest BCUT2D eigenvalue weighted by Crippen LogP contribution is 2.17. The molecule has 1 amide bonds. The SMILES string of the molecule is COC(=O)c1ccc(OC(C)C(=O)Nc2ccc(Br)cc2)cc1. The second kappa shape index (κ2) is 7.78. The molecule has 0 radical (unpaired) electrons. The van der Waals surface area contributed by atoms with Gasteiger partial charge in [0.1, 0.15) is 5.75 Å². The van der Waals surface area contributed by atoms with E-state index in [9.17, 15) is 9.59 Å². The number of anilines is 1. The Bertz CT molecular complexity index is 683. The molecule has 0 aromatic heterocycles. The number of esters is 1. The predicted molar refractivity (Wildman–Crippen MR) is 90.6 cm³/mol. The van der Waals surface area contributed by atoms with Gasteiger partial charge in [-0.3, -0.25) is 4.79 Å². The summed E-state index contributed by atoms with van der Waals surface area (Å²) in [6.07, 6.45) is -0.678. The number of hydrogen-bond acceptors (Lipinski definition) is 4. The lowest BCUT2D eigenvalue weighted by atomic mass is 10.2. The zero-order valence-electron chi connectivity index (χ0n) is 12.7. The normalized spacial score (nSPS) is 11.4. The highest BCUT2D eigenvalue weighted by molar-refractivity contribution is 9.10. The van der Waals surface area contributed by atoms with Crippen LogP contribution in [0.15, 0.2) is 53.0 Å². The van der Waals surface area contributed by atoms with Crippen LogP contribution in [0.5, 0.6) is 5.75 Å². The summed E-state index contributed by atoms with van der Waals surface area (Å²) in [7, 11) is 1.32. The van der Waals surface area contributed by atoms with Crippen LogP contribution in [0.25, 0.3) is 0 Å². The molecule has 2 aromatic rings. The van der Waals surface area contributed by atoms with E-state index >= 15 is 0 Å². The number of amides is 1. The fourth-order valence-corrected chi connectivity index (χ4v) is 2.09. The fraction of sp³-hybridized carbons (Fsp3) is 0.176. The topological polar surface area (TPSA) is 64.6 Å². The molecule has 2 aromatic carbocycles. The number of hydrogen-bond donors (Lipinski definition) is 1. The lowest BCUT2D eigenvalue weighted by Gasteiger charge is -2.15. The lowest BCUT2D eigenvalue weighted by molar-refractivity contribution is -0.122. The first-order valence-corrected chi connectivity index (χ1v) is 7.70. The van der Waals surface area contributed by atoms with Gasteiger partial charge in [0, 0.05) is 10.2 Å². The Morgan fingerprint density at radius 3 is 2.22 bits per heavy atom. The van der Waals surface area contributed by atoms with Crippen LogP contribution in [0, 0.1) is 0 Å². The van der Waals surface area contributed by atoms with Crippen LogP contribution in [0.4, 0.5) is 5.69 Å². The van der Waals surface area contributed by atoms with E-state index in [0.29, 0.717) is 17.0 Å². The largest absolute Gasteiger partial charge is 0.481 e.